The number of hydrogen-bond donors (Lipinski definition) is 0. The summed E-state index contributed by atoms with van der Waals surface area (Å²) in [6.07, 6.45) is 5.37. The van der Waals surface area contributed by atoms with Crippen molar-refractivity contribution in [1.82, 2.24) is 14.1 Å². The van der Waals surface area contributed by atoms with Crippen LogP contribution in [0.1, 0.15) is 22.2 Å². The van der Waals surface area contributed by atoms with Gasteiger partial charge >= 0.3 is 0 Å². The molecule has 5 heteroatoms. The minimum absolute atomic E-state index is 0.0463. The van der Waals surface area contributed by atoms with Crippen molar-refractivity contribution in [3.63, 3.8) is 0 Å². The van der Waals surface area contributed by atoms with Crippen molar-refractivity contribution >= 4 is 11.6 Å². The van der Waals surface area contributed by atoms with Gasteiger partial charge in [-0.25, -0.2) is 4.98 Å². The van der Waals surface area contributed by atoms with Gasteiger partial charge in [-0.15, -0.1) is 11.6 Å². The van der Waals surface area contributed by atoms with Crippen LogP contribution in [0.2, 0.25) is 0 Å². The van der Waals surface area contributed by atoms with Crippen molar-refractivity contribution in [3.05, 3.63) is 119 Å². The van der Waals surface area contributed by atoms with E-state index in [4.69, 9.17) is 11.6 Å². The molecule has 2 aromatic carbocycles. The van der Waals surface area contributed by atoms with Gasteiger partial charge in [-0.2, -0.15) is 0 Å². The summed E-state index contributed by atoms with van der Waals surface area (Å²) >= 11 is 6.67. The summed E-state index contributed by atoms with van der Waals surface area (Å²) in [6, 6.07) is 23.0. The molecule has 0 aliphatic heterocycles. The fourth-order valence-corrected chi connectivity index (χ4v) is 3.39. The number of aromatic nitrogens is 3. The minimum Gasteiger partial charge on any atom is -0.328 e. The van der Waals surface area contributed by atoms with E-state index in [1.54, 1.807) is 29.2 Å². The Balaban J connectivity index is 1.57. The Kier molecular flexibility index (Phi) is 4.90. The van der Waals surface area contributed by atoms with Crippen LogP contribution in [0.5, 0.6) is 0 Å². The molecule has 0 spiro atoms. The van der Waals surface area contributed by atoms with Crippen LogP contribution in [-0.4, -0.2) is 14.1 Å². The molecule has 4 aromatic rings. The third-order valence-electron chi connectivity index (χ3n) is 4.49. The summed E-state index contributed by atoms with van der Waals surface area (Å²) in [5.74, 6) is 0. The Morgan fingerprint density at radius 3 is 2.41 bits per heavy atom. The van der Waals surface area contributed by atoms with Crippen molar-refractivity contribution < 1.29 is 0 Å². The van der Waals surface area contributed by atoms with Gasteiger partial charge in [0.05, 0.1) is 12.0 Å². The van der Waals surface area contributed by atoms with E-state index >= 15 is 0 Å². The highest BCUT2D eigenvalue weighted by atomic mass is 35.5. The number of rotatable bonds is 5. The molecule has 2 aromatic heterocycles. The molecule has 0 amide bonds. The lowest BCUT2D eigenvalue weighted by molar-refractivity contribution is 0.747. The summed E-state index contributed by atoms with van der Waals surface area (Å²) in [5, 5.41) is -0.254. The Morgan fingerprint density at radius 1 is 0.926 bits per heavy atom. The lowest BCUT2D eigenvalue weighted by Gasteiger charge is -2.14. The summed E-state index contributed by atoms with van der Waals surface area (Å²) in [6.45, 7) is 0.662. The molecule has 134 valence electrons. The van der Waals surface area contributed by atoms with Crippen molar-refractivity contribution in [3.8, 4) is 5.69 Å². The van der Waals surface area contributed by atoms with Crippen LogP contribution >= 0.6 is 11.6 Å². The second-order valence-electron chi connectivity index (χ2n) is 6.29. The molecule has 0 aliphatic rings. The first-order valence-electron chi connectivity index (χ1n) is 8.68. The second-order valence-corrected chi connectivity index (χ2v) is 6.73. The number of pyridine rings is 1. The zero-order valence-corrected chi connectivity index (χ0v) is 15.3. The summed E-state index contributed by atoms with van der Waals surface area (Å²) in [5.41, 5.74) is 3.90. The molecule has 0 fully saturated rings. The average molecular weight is 376 g/mol. The van der Waals surface area contributed by atoms with Crippen molar-refractivity contribution in [1.29, 1.82) is 0 Å². The highest BCUT2D eigenvalue weighted by Gasteiger charge is 2.15. The first-order chi connectivity index (χ1) is 13.2. The minimum atomic E-state index is -0.254. The number of halogens is 1. The van der Waals surface area contributed by atoms with Gasteiger partial charge in [0.2, 0.25) is 0 Å². The highest BCUT2D eigenvalue weighted by molar-refractivity contribution is 6.22. The van der Waals surface area contributed by atoms with E-state index in [-0.39, 0.29) is 10.9 Å². The first kappa shape index (κ1) is 17.3. The topological polar surface area (TPSA) is 39.8 Å². The molecule has 4 nitrogen and oxygen atoms in total. The van der Waals surface area contributed by atoms with Gasteiger partial charge in [-0.05, 0) is 29.3 Å². The Hall–Kier alpha value is -3.11. The van der Waals surface area contributed by atoms with Crippen LogP contribution in [0, 0.1) is 0 Å². The number of benzene rings is 2. The van der Waals surface area contributed by atoms with Gasteiger partial charge < -0.3 is 4.57 Å². The molecule has 27 heavy (non-hydrogen) atoms. The van der Waals surface area contributed by atoms with E-state index in [1.807, 2.05) is 71.4 Å². The van der Waals surface area contributed by atoms with Crippen molar-refractivity contribution in [2.24, 2.45) is 0 Å². The molecule has 0 radical (unpaired) electrons. The van der Waals surface area contributed by atoms with Gasteiger partial charge in [-0.3, -0.25) is 9.36 Å². The molecule has 1 unspecified atom stereocenters. The predicted octanol–water partition coefficient (Wildman–Crippen LogP) is 4.41. The van der Waals surface area contributed by atoms with E-state index in [1.165, 1.54) is 0 Å². The Morgan fingerprint density at radius 2 is 1.67 bits per heavy atom. The third kappa shape index (κ3) is 3.71. The van der Waals surface area contributed by atoms with E-state index in [0.717, 1.165) is 22.5 Å². The second kappa shape index (κ2) is 7.64. The quantitative estimate of drug-likeness (QED) is 0.485. The smallest absolute Gasteiger partial charge is 0.255 e. The molecule has 1 atom stereocenters. The maximum Gasteiger partial charge on any atom is 0.255 e. The molecule has 0 saturated heterocycles. The van der Waals surface area contributed by atoms with Crippen LogP contribution in [0.3, 0.4) is 0 Å². The SMILES string of the molecule is O=c1ccccn1-c1ccc(Cn2cncc2C(Cl)c2ccccc2)cc1. The Bertz CT molecular complexity index is 1080. The molecule has 0 aliphatic carbocycles. The molecule has 0 N–H and O–H groups in total. The lowest BCUT2D eigenvalue weighted by atomic mass is 10.1. The van der Waals surface area contributed by atoms with E-state index < -0.39 is 0 Å². The standard InChI is InChI=1S/C22H18ClN3O/c23-22(18-6-2-1-3-7-18)20-14-24-16-25(20)15-17-9-11-19(12-10-17)26-13-5-4-8-21(26)27/h1-14,16,22H,15H2. The fraction of sp³-hybridized carbons (Fsp3) is 0.0909. The summed E-state index contributed by atoms with van der Waals surface area (Å²) in [7, 11) is 0. The van der Waals surface area contributed by atoms with Gasteiger partial charge in [-0.1, -0.05) is 48.5 Å². The van der Waals surface area contributed by atoms with Crippen LogP contribution in [0.15, 0.2) is 96.3 Å². The number of nitrogens with zero attached hydrogens (tertiary/aromatic N) is 3. The molecule has 4 rings (SSSR count). The molecule has 0 saturated carbocycles. The van der Waals surface area contributed by atoms with E-state index in [2.05, 4.69) is 4.98 Å². The van der Waals surface area contributed by atoms with Crippen molar-refractivity contribution in [2.45, 2.75) is 11.9 Å². The molecule has 2 heterocycles. The van der Waals surface area contributed by atoms with E-state index in [9.17, 15) is 4.79 Å². The van der Waals surface area contributed by atoms with Gasteiger partial charge in [0, 0.05) is 30.7 Å². The van der Waals surface area contributed by atoms with Crippen LogP contribution in [0.25, 0.3) is 5.69 Å². The van der Waals surface area contributed by atoms with Gasteiger partial charge in [0.25, 0.3) is 5.56 Å². The maximum atomic E-state index is 12.0. The zero-order valence-electron chi connectivity index (χ0n) is 14.6. The monoisotopic (exact) mass is 375 g/mol. The van der Waals surface area contributed by atoms with Gasteiger partial charge in [0.1, 0.15) is 5.38 Å². The summed E-state index contributed by atoms with van der Waals surface area (Å²) < 4.78 is 3.67. The number of imidazole rings is 1. The third-order valence-corrected chi connectivity index (χ3v) is 4.96. The predicted molar refractivity (Wildman–Crippen MR) is 108 cm³/mol. The van der Waals surface area contributed by atoms with Crippen molar-refractivity contribution in [2.75, 3.05) is 0 Å². The number of hydrogen-bond acceptors (Lipinski definition) is 2. The van der Waals surface area contributed by atoms with Gasteiger partial charge in [0.15, 0.2) is 0 Å². The number of alkyl halides is 1. The van der Waals surface area contributed by atoms with Crippen LogP contribution in [-0.2, 0) is 6.54 Å². The first-order valence-corrected chi connectivity index (χ1v) is 9.12. The van der Waals surface area contributed by atoms with Crippen LogP contribution < -0.4 is 5.56 Å². The van der Waals surface area contributed by atoms with E-state index in [0.29, 0.717) is 6.54 Å². The fourth-order valence-electron chi connectivity index (χ4n) is 3.07. The highest BCUT2D eigenvalue weighted by Crippen LogP contribution is 2.28. The lowest BCUT2D eigenvalue weighted by Crippen LogP contribution is -2.15. The molecular formula is C22H18ClN3O. The Labute approximate surface area is 162 Å². The molecular weight excluding hydrogens is 358 g/mol. The maximum absolute atomic E-state index is 12.0. The largest absolute Gasteiger partial charge is 0.328 e. The van der Waals surface area contributed by atoms with Crippen LogP contribution in [0.4, 0.5) is 0 Å². The summed E-state index contributed by atoms with van der Waals surface area (Å²) in [4.78, 5) is 16.2. The zero-order chi connectivity index (χ0) is 18.6. The average Bonchev–Trinajstić information content (AvgIpc) is 3.17. The molecule has 0 bridgehead atoms. The normalized spacial score (nSPS) is 12.0.